The number of piperazine rings is 1. The Balaban J connectivity index is 1.83. The summed E-state index contributed by atoms with van der Waals surface area (Å²) < 4.78 is 24.4. The number of amides is 3. The molecule has 2 rings (SSSR count). The average molecular weight is 331 g/mol. The highest BCUT2D eigenvalue weighted by Crippen LogP contribution is 2.25. The number of hydrogen-bond acceptors (Lipinski definition) is 4. The summed E-state index contributed by atoms with van der Waals surface area (Å²) >= 11 is 0. The second kappa shape index (κ2) is 7.30. The molecule has 0 unspecified atom stereocenters. The minimum absolute atomic E-state index is 0.131. The summed E-state index contributed by atoms with van der Waals surface area (Å²) in [6.07, 6.45) is 3.23. The topological polar surface area (TPSA) is 86.8 Å². The Morgan fingerprint density at radius 1 is 1.05 bits per heavy atom. The van der Waals surface area contributed by atoms with Crippen molar-refractivity contribution < 1.29 is 18.0 Å². The van der Waals surface area contributed by atoms with Crippen LogP contribution in [0, 0.1) is 0 Å². The first-order chi connectivity index (χ1) is 10.4. The molecule has 0 aromatic heterocycles. The molecule has 1 saturated carbocycles. The second-order valence-electron chi connectivity index (χ2n) is 5.92. The Bertz CT molecular complexity index is 506. The van der Waals surface area contributed by atoms with Crippen molar-refractivity contribution in [1.82, 2.24) is 15.1 Å². The zero-order valence-corrected chi connectivity index (χ0v) is 13.9. The van der Waals surface area contributed by atoms with Gasteiger partial charge in [-0.3, -0.25) is 4.79 Å². The molecule has 126 valence electrons. The average Bonchev–Trinajstić information content (AvgIpc) is 3.02. The molecule has 1 heterocycles. The molecular weight excluding hydrogens is 306 g/mol. The molecule has 3 amide bonds. The number of hydrogen-bond donors (Lipinski definition) is 1. The smallest absolute Gasteiger partial charge is 0.317 e. The molecule has 0 radical (unpaired) electrons. The van der Waals surface area contributed by atoms with Crippen molar-refractivity contribution in [3.8, 4) is 0 Å². The molecule has 1 N–H and O–H groups in total. The van der Waals surface area contributed by atoms with Gasteiger partial charge in [0.1, 0.15) is 5.75 Å². The molecule has 1 saturated heterocycles. The van der Waals surface area contributed by atoms with Gasteiger partial charge in [0.15, 0.2) is 9.84 Å². The van der Waals surface area contributed by atoms with E-state index in [1.165, 1.54) is 0 Å². The number of sulfone groups is 1. The van der Waals surface area contributed by atoms with Gasteiger partial charge >= 0.3 is 6.03 Å². The van der Waals surface area contributed by atoms with Gasteiger partial charge in [-0.05, 0) is 19.8 Å². The number of nitrogens with one attached hydrogen (secondary N) is 1. The molecule has 0 spiro atoms. The Hall–Kier alpha value is -1.31. The van der Waals surface area contributed by atoms with Crippen LogP contribution in [-0.2, 0) is 14.6 Å². The minimum atomic E-state index is -3.33. The Morgan fingerprint density at radius 2 is 1.59 bits per heavy atom. The van der Waals surface area contributed by atoms with Crippen LogP contribution < -0.4 is 5.32 Å². The maximum Gasteiger partial charge on any atom is 0.317 e. The normalized spacial score (nSPS) is 20.2. The fraction of sp³-hybridized carbons (Fsp3) is 0.857. The van der Waals surface area contributed by atoms with Crippen LogP contribution in [0.4, 0.5) is 4.79 Å². The maximum atomic E-state index is 12.2. The van der Waals surface area contributed by atoms with E-state index in [0.717, 1.165) is 12.8 Å². The maximum absolute atomic E-state index is 12.2. The van der Waals surface area contributed by atoms with Crippen molar-refractivity contribution in [3.05, 3.63) is 0 Å². The van der Waals surface area contributed by atoms with Crippen LogP contribution in [0.25, 0.3) is 0 Å². The van der Waals surface area contributed by atoms with E-state index in [-0.39, 0.29) is 17.2 Å². The predicted octanol–water partition coefficient (Wildman–Crippen LogP) is 0.218. The molecule has 0 bridgehead atoms. The zero-order valence-electron chi connectivity index (χ0n) is 13.1. The van der Waals surface area contributed by atoms with Gasteiger partial charge in [0.05, 0.1) is 5.25 Å². The summed E-state index contributed by atoms with van der Waals surface area (Å²) in [7, 11) is -3.33. The van der Waals surface area contributed by atoms with E-state index in [2.05, 4.69) is 5.32 Å². The molecule has 2 aliphatic rings. The van der Waals surface area contributed by atoms with E-state index in [1.54, 1.807) is 9.80 Å². The first-order valence-corrected chi connectivity index (χ1v) is 9.67. The third kappa shape index (κ3) is 4.12. The lowest BCUT2D eigenvalue weighted by Crippen LogP contribution is -2.54. The van der Waals surface area contributed by atoms with E-state index < -0.39 is 15.6 Å². The van der Waals surface area contributed by atoms with E-state index in [1.807, 2.05) is 6.92 Å². The molecule has 8 heteroatoms. The lowest BCUT2D eigenvalue weighted by Gasteiger charge is -2.34. The zero-order chi connectivity index (χ0) is 16.2. The molecule has 0 atom stereocenters. The number of carbonyl (C=O) groups excluding carboxylic acids is 2. The number of carbonyl (C=O) groups is 2. The van der Waals surface area contributed by atoms with Crippen molar-refractivity contribution in [2.45, 2.75) is 37.9 Å². The van der Waals surface area contributed by atoms with Gasteiger partial charge in [-0.2, -0.15) is 0 Å². The standard InChI is InChI=1S/C14H25N3O4S/c1-2-15-14(19)17-9-7-16(8-10-17)13(18)11-22(20,21)12-5-3-4-6-12/h12H,2-11H2,1H3,(H,15,19). The fourth-order valence-corrected chi connectivity index (χ4v) is 4.86. The van der Waals surface area contributed by atoms with Gasteiger partial charge in [-0.1, -0.05) is 12.8 Å². The number of urea groups is 1. The molecule has 0 aromatic carbocycles. The van der Waals surface area contributed by atoms with Crippen LogP contribution in [0.15, 0.2) is 0 Å². The van der Waals surface area contributed by atoms with Crippen molar-refractivity contribution >= 4 is 21.8 Å². The second-order valence-corrected chi connectivity index (χ2v) is 8.20. The van der Waals surface area contributed by atoms with Crippen LogP contribution >= 0.6 is 0 Å². The van der Waals surface area contributed by atoms with Crippen LogP contribution in [0.5, 0.6) is 0 Å². The molecule has 2 fully saturated rings. The molecule has 22 heavy (non-hydrogen) atoms. The van der Waals surface area contributed by atoms with Crippen LogP contribution in [0.2, 0.25) is 0 Å². The van der Waals surface area contributed by atoms with Gasteiger partial charge in [0, 0.05) is 32.7 Å². The van der Waals surface area contributed by atoms with Crippen molar-refractivity contribution in [2.24, 2.45) is 0 Å². The largest absolute Gasteiger partial charge is 0.338 e. The van der Waals surface area contributed by atoms with Gasteiger partial charge in [-0.25, -0.2) is 13.2 Å². The Kier molecular flexibility index (Phi) is 5.66. The summed E-state index contributed by atoms with van der Waals surface area (Å²) in [6.45, 7) is 4.11. The SMILES string of the molecule is CCNC(=O)N1CCN(C(=O)CS(=O)(=O)C2CCCC2)CC1. The van der Waals surface area contributed by atoms with Gasteiger partial charge < -0.3 is 15.1 Å². The molecule has 1 aliphatic heterocycles. The van der Waals surface area contributed by atoms with Crippen molar-refractivity contribution in [2.75, 3.05) is 38.5 Å². The van der Waals surface area contributed by atoms with E-state index in [9.17, 15) is 18.0 Å². The predicted molar refractivity (Wildman–Crippen MR) is 83.3 cm³/mol. The quantitative estimate of drug-likeness (QED) is 0.798. The van der Waals surface area contributed by atoms with E-state index in [4.69, 9.17) is 0 Å². The fourth-order valence-electron chi connectivity index (χ4n) is 3.05. The van der Waals surface area contributed by atoms with Gasteiger partial charge in [0.2, 0.25) is 5.91 Å². The summed E-state index contributed by atoms with van der Waals surface area (Å²) in [5.41, 5.74) is 0. The van der Waals surface area contributed by atoms with E-state index >= 15 is 0 Å². The highest BCUT2D eigenvalue weighted by molar-refractivity contribution is 7.92. The summed E-state index contributed by atoms with van der Waals surface area (Å²) in [5.74, 6) is -0.721. The Morgan fingerprint density at radius 3 is 2.14 bits per heavy atom. The summed E-state index contributed by atoms with van der Waals surface area (Å²) in [5, 5.41) is 2.38. The number of rotatable bonds is 4. The molecule has 0 aromatic rings. The molecular formula is C14H25N3O4S. The van der Waals surface area contributed by atoms with Crippen molar-refractivity contribution in [1.29, 1.82) is 0 Å². The van der Waals surface area contributed by atoms with Crippen molar-refractivity contribution in [3.63, 3.8) is 0 Å². The third-order valence-electron chi connectivity index (χ3n) is 4.38. The Labute approximate surface area is 131 Å². The van der Waals surface area contributed by atoms with Gasteiger partial charge in [-0.15, -0.1) is 0 Å². The first kappa shape index (κ1) is 17.1. The lowest BCUT2D eigenvalue weighted by molar-refractivity contribution is -0.129. The monoisotopic (exact) mass is 331 g/mol. The molecule has 7 nitrogen and oxygen atoms in total. The summed E-state index contributed by atoms with van der Waals surface area (Å²) in [4.78, 5) is 27.1. The number of nitrogens with zero attached hydrogens (tertiary/aromatic N) is 2. The van der Waals surface area contributed by atoms with Crippen LogP contribution in [-0.4, -0.2) is 73.9 Å². The lowest BCUT2D eigenvalue weighted by atomic mass is 10.3. The van der Waals surface area contributed by atoms with Crippen LogP contribution in [0.1, 0.15) is 32.6 Å². The van der Waals surface area contributed by atoms with E-state index in [0.29, 0.717) is 45.6 Å². The van der Waals surface area contributed by atoms with Gasteiger partial charge in [0.25, 0.3) is 0 Å². The first-order valence-electron chi connectivity index (χ1n) is 7.96. The minimum Gasteiger partial charge on any atom is -0.338 e. The highest BCUT2D eigenvalue weighted by atomic mass is 32.2. The third-order valence-corrected chi connectivity index (χ3v) is 6.52. The van der Waals surface area contributed by atoms with Crippen LogP contribution in [0.3, 0.4) is 0 Å². The highest BCUT2D eigenvalue weighted by Gasteiger charge is 2.33. The molecule has 1 aliphatic carbocycles. The summed E-state index contributed by atoms with van der Waals surface area (Å²) in [6, 6.07) is -0.131.